The van der Waals surface area contributed by atoms with Gasteiger partial charge < -0.3 is 10.6 Å². The van der Waals surface area contributed by atoms with Gasteiger partial charge in [-0.3, -0.25) is 4.79 Å². The summed E-state index contributed by atoms with van der Waals surface area (Å²) in [5.74, 6) is -1.58. The van der Waals surface area contributed by atoms with Crippen LogP contribution in [0.4, 0.5) is 14.5 Å². The zero-order valence-electron chi connectivity index (χ0n) is 8.59. The number of carbonyl (C=O) groups is 1. The van der Waals surface area contributed by atoms with Crippen LogP contribution in [0, 0.1) is 17.6 Å². The lowest BCUT2D eigenvalue weighted by molar-refractivity contribution is -0.117. The minimum atomic E-state index is -0.750. The van der Waals surface area contributed by atoms with Gasteiger partial charge in [0.1, 0.15) is 17.3 Å². The van der Waals surface area contributed by atoms with Crippen LogP contribution in [-0.2, 0) is 4.79 Å². The van der Waals surface area contributed by atoms with E-state index in [2.05, 4.69) is 10.6 Å². The lowest BCUT2D eigenvalue weighted by Gasteiger charge is -2.26. The van der Waals surface area contributed by atoms with E-state index < -0.39 is 11.6 Å². The van der Waals surface area contributed by atoms with Gasteiger partial charge in [0.25, 0.3) is 0 Å². The van der Waals surface area contributed by atoms with Crippen molar-refractivity contribution in [2.24, 2.45) is 5.92 Å². The SMILES string of the molecule is O=C(CC1CNC1)Nc1c(F)cccc1F. The first-order valence-corrected chi connectivity index (χ1v) is 5.11. The molecule has 16 heavy (non-hydrogen) atoms. The maximum absolute atomic E-state index is 13.2. The maximum atomic E-state index is 13.2. The van der Waals surface area contributed by atoms with E-state index in [0.29, 0.717) is 6.42 Å². The number of hydrogen-bond acceptors (Lipinski definition) is 2. The fourth-order valence-electron chi connectivity index (χ4n) is 1.56. The molecule has 1 aromatic rings. The first kappa shape index (κ1) is 11.0. The molecule has 0 bridgehead atoms. The third-order valence-electron chi connectivity index (χ3n) is 2.57. The molecular weight excluding hydrogens is 214 g/mol. The van der Waals surface area contributed by atoms with E-state index in [1.807, 2.05) is 0 Å². The second-order valence-corrected chi connectivity index (χ2v) is 3.87. The molecule has 1 amide bonds. The van der Waals surface area contributed by atoms with Crippen molar-refractivity contribution >= 4 is 11.6 Å². The summed E-state index contributed by atoms with van der Waals surface area (Å²) >= 11 is 0. The Hall–Kier alpha value is -1.49. The van der Waals surface area contributed by atoms with Crippen molar-refractivity contribution in [3.63, 3.8) is 0 Å². The smallest absolute Gasteiger partial charge is 0.224 e. The standard InChI is InChI=1S/C11H12F2N2O/c12-8-2-1-3-9(13)11(8)15-10(16)4-7-5-14-6-7/h1-3,7,14H,4-6H2,(H,15,16). The molecule has 0 aromatic heterocycles. The minimum Gasteiger partial charge on any atom is -0.321 e. The molecule has 1 aliphatic rings. The number of benzene rings is 1. The van der Waals surface area contributed by atoms with E-state index in [1.165, 1.54) is 6.07 Å². The van der Waals surface area contributed by atoms with Crippen LogP contribution in [0.15, 0.2) is 18.2 Å². The topological polar surface area (TPSA) is 41.1 Å². The highest BCUT2D eigenvalue weighted by Crippen LogP contribution is 2.19. The van der Waals surface area contributed by atoms with Gasteiger partial charge >= 0.3 is 0 Å². The van der Waals surface area contributed by atoms with Gasteiger partial charge in [-0.25, -0.2) is 8.78 Å². The molecule has 0 aliphatic carbocycles. The van der Waals surface area contributed by atoms with Gasteiger partial charge in [-0.1, -0.05) is 6.07 Å². The third-order valence-corrected chi connectivity index (χ3v) is 2.57. The van der Waals surface area contributed by atoms with Crippen LogP contribution < -0.4 is 10.6 Å². The average Bonchev–Trinajstić information content (AvgIpc) is 2.18. The summed E-state index contributed by atoms with van der Waals surface area (Å²) in [5.41, 5.74) is -0.361. The first-order chi connectivity index (χ1) is 7.66. The quantitative estimate of drug-likeness (QED) is 0.820. The third kappa shape index (κ3) is 2.36. The largest absolute Gasteiger partial charge is 0.321 e. The summed E-state index contributed by atoms with van der Waals surface area (Å²) in [6.07, 6.45) is 0.292. The summed E-state index contributed by atoms with van der Waals surface area (Å²) in [6.45, 7) is 1.57. The summed E-state index contributed by atoms with van der Waals surface area (Å²) in [5, 5.41) is 5.29. The number of para-hydroxylation sites is 1. The number of rotatable bonds is 3. The molecule has 3 nitrogen and oxygen atoms in total. The van der Waals surface area contributed by atoms with E-state index in [9.17, 15) is 13.6 Å². The molecule has 1 heterocycles. The van der Waals surface area contributed by atoms with Gasteiger partial charge in [0.2, 0.25) is 5.91 Å². The number of anilines is 1. The maximum Gasteiger partial charge on any atom is 0.224 e. The Labute approximate surface area is 91.8 Å². The molecule has 0 spiro atoms. The van der Waals surface area contributed by atoms with Crippen LogP contribution in [0.5, 0.6) is 0 Å². The van der Waals surface area contributed by atoms with Gasteiger partial charge in [-0.15, -0.1) is 0 Å². The first-order valence-electron chi connectivity index (χ1n) is 5.11. The Balaban J connectivity index is 1.99. The lowest BCUT2D eigenvalue weighted by Crippen LogP contribution is -2.43. The Bertz CT molecular complexity index is 385. The lowest BCUT2D eigenvalue weighted by atomic mass is 9.99. The van der Waals surface area contributed by atoms with Crippen LogP contribution in [0.2, 0.25) is 0 Å². The molecule has 1 fully saturated rings. The average molecular weight is 226 g/mol. The fraction of sp³-hybridized carbons (Fsp3) is 0.364. The molecule has 5 heteroatoms. The van der Waals surface area contributed by atoms with Gasteiger partial charge in [0, 0.05) is 6.42 Å². The van der Waals surface area contributed by atoms with Crippen molar-refractivity contribution in [3.8, 4) is 0 Å². The fourth-order valence-corrected chi connectivity index (χ4v) is 1.56. The second kappa shape index (κ2) is 4.57. The van der Waals surface area contributed by atoms with E-state index >= 15 is 0 Å². The molecule has 86 valence electrons. The highest BCUT2D eigenvalue weighted by atomic mass is 19.1. The normalized spacial score (nSPS) is 15.6. The highest BCUT2D eigenvalue weighted by Gasteiger charge is 2.21. The molecule has 1 aromatic carbocycles. The van der Waals surface area contributed by atoms with Gasteiger partial charge in [0.15, 0.2) is 0 Å². The molecule has 0 atom stereocenters. The molecule has 0 radical (unpaired) electrons. The van der Waals surface area contributed by atoms with E-state index in [0.717, 1.165) is 25.2 Å². The Morgan fingerprint density at radius 2 is 2.00 bits per heavy atom. The number of halogens is 2. The predicted octanol–water partition coefficient (Wildman–Crippen LogP) is 1.51. The van der Waals surface area contributed by atoms with Crippen molar-refractivity contribution in [2.75, 3.05) is 18.4 Å². The number of amides is 1. The van der Waals surface area contributed by atoms with Crippen LogP contribution >= 0.6 is 0 Å². The highest BCUT2D eigenvalue weighted by molar-refractivity contribution is 5.91. The van der Waals surface area contributed by atoms with E-state index in [-0.39, 0.29) is 17.5 Å². The molecule has 0 saturated carbocycles. The summed E-state index contributed by atoms with van der Waals surface area (Å²) in [7, 11) is 0. The van der Waals surface area contributed by atoms with Crippen molar-refractivity contribution in [3.05, 3.63) is 29.8 Å². The van der Waals surface area contributed by atoms with Crippen molar-refractivity contribution < 1.29 is 13.6 Å². The summed E-state index contributed by atoms with van der Waals surface area (Å²) < 4.78 is 26.4. The second-order valence-electron chi connectivity index (χ2n) is 3.87. The monoisotopic (exact) mass is 226 g/mol. The zero-order chi connectivity index (χ0) is 11.5. The zero-order valence-corrected chi connectivity index (χ0v) is 8.59. The minimum absolute atomic E-state index is 0.273. The van der Waals surface area contributed by atoms with Gasteiger partial charge in [-0.2, -0.15) is 0 Å². The predicted molar refractivity (Wildman–Crippen MR) is 56.0 cm³/mol. The Kier molecular flexibility index (Phi) is 3.14. The number of nitrogens with one attached hydrogen (secondary N) is 2. The molecule has 0 unspecified atom stereocenters. The Morgan fingerprint density at radius 1 is 1.38 bits per heavy atom. The van der Waals surface area contributed by atoms with Crippen molar-refractivity contribution in [2.45, 2.75) is 6.42 Å². The number of carbonyl (C=O) groups excluding carboxylic acids is 1. The van der Waals surface area contributed by atoms with Gasteiger partial charge in [-0.05, 0) is 31.1 Å². The molecule has 1 aliphatic heterocycles. The van der Waals surface area contributed by atoms with E-state index in [4.69, 9.17) is 0 Å². The molecule has 1 saturated heterocycles. The summed E-state index contributed by atoms with van der Waals surface area (Å²) in [6, 6.07) is 3.49. The number of hydrogen-bond donors (Lipinski definition) is 2. The van der Waals surface area contributed by atoms with Crippen LogP contribution in [0.1, 0.15) is 6.42 Å². The molecule has 2 N–H and O–H groups in total. The van der Waals surface area contributed by atoms with Gasteiger partial charge in [0.05, 0.1) is 0 Å². The Morgan fingerprint density at radius 3 is 2.50 bits per heavy atom. The van der Waals surface area contributed by atoms with Crippen molar-refractivity contribution in [1.29, 1.82) is 0 Å². The van der Waals surface area contributed by atoms with Crippen LogP contribution in [0.3, 0.4) is 0 Å². The molecule has 2 rings (SSSR count). The van der Waals surface area contributed by atoms with Crippen LogP contribution in [-0.4, -0.2) is 19.0 Å². The van der Waals surface area contributed by atoms with Crippen LogP contribution in [0.25, 0.3) is 0 Å². The van der Waals surface area contributed by atoms with Crippen molar-refractivity contribution in [1.82, 2.24) is 5.32 Å². The molecular formula is C11H12F2N2O. The van der Waals surface area contributed by atoms with E-state index in [1.54, 1.807) is 0 Å². The summed E-state index contributed by atoms with van der Waals surface area (Å²) in [4.78, 5) is 11.4.